The van der Waals surface area contributed by atoms with Gasteiger partial charge < -0.3 is 9.64 Å². The SMILES string of the molecule is COc1ccc(S(=O)(=O)N2CCCN(C(=O)C(C)C)CC2)cc1. The van der Waals surface area contributed by atoms with Gasteiger partial charge in [0.15, 0.2) is 0 Å². The zero-order chi connectivity index (χ0) is 17.0. The molecule has 1 aliphatic heterocycles. The number of nitrogens with zero attached hydrogens (tertiary/aromatic N) is 2. The van der Waals surface area contributed by atoms with Crippen molar-refractivity contribution in [1.82, 2.24) is 9.21 Å². The van der Waals surface area contributed by atoms with Crippen LogP contribution >= 0.6 is 0 Å². The van der Waals surface area contributed by atoms with Gasteiger partial charge in [0, 0.05) is 32.1 Å². The molecule has 0 saturated carbocycles. The topological polar surface area (TPSA) is 66.9 Å². The fourth-order valence-corrected chi connectivity index (χ4v) is 4.09. The number of benzene rings is 1. The number of hydrogen-bond acceptors (Lipinski definition) is 4. The molecule has 23 heavy (non-hydrogen) atoms. The van der Waals surface area contributed by atoms with Crippen molar-refractivity contribution in [1.29, 1.82) is 0 Å². The first-order valence-corrected chi connectivity index (χ1v) is 9.23. The summed E-state index contributed by atoms with van der Waals surface area (Å²) in [7, 11) is -2.00. The van der Waals surface area contributed by atoms with Crippen molar-refractivity contribution in [2.45, 2.75) is 25.2 Å². The zero-order valence-corrected chi connectivity index (χ0v) is 14.7. The molecule has 1 amide bonds. The van der Waals surface area contributed by atoms with Crippen molar-refractivity contribution in [2.24, 2.45) is 5.92 Å². The number of amides is 1. The first-order valence-electron chi connectivity index (χ1n) is 7.79. The summed E-state index contributed by atoms with van der Waals surface area (Å²) in [4.78, 5) is 14.1. The van der Waals surface area contributed by atoms with E-state index in [2.05, 4.69) is 0 Å². The molecule has 1 heterocycles. The smallest absolute Gasteiger partial charge is 0.243 e. The van der Waals surface area contributed by atoms with E-state index in [9.17, 15) is 13.2 Å². The molecule has 0 radical (unpaired) electrons. The predicted molar refractivity (Wildman–Crippen MR) is 87.8 cm³/mol. The number of carbonyl (C=O) groups excluding carboxylic acids is 1. The molecule has 0 aliphatic carbocycles. The van der Waals surface area contributed by atoms with E-state index in [1.165, 1.54) is 4.31 Å². The third-order valence-electron chi connectivity index (χ3n) is 3.96. The molecule has 0 atom stereocenters. The lowest BCUT2D eigenvalue weighted by Gasteiger charge is -2.23. The molecule has 1 aliphatic rings. The summed E-state index contributed by atoms with van der Waals surface area (Å²) < 4.78 is 32.0. The Hall–Kier alpha value is -1.60. The Kier molecular flexibility index (Phi) is 5.64. The lowest BCUT2D eigenvalue weighted by molar-refractivity contribution is -0.134. The molecule has 2 rings (SSSR count). The van der Waals surface area contributed by atoms with Crippen LogP contribution < -0.4 is 4.74 Å². The molecule has 0 bridgehead atoms. The van der Waals surface area contributed by atoms with E-state index >= 15 is 0 Å². The lowest BCUT2D eigenvalue weighted by Crippen LogP contribution is -2.38. The lowest BCUT2D eigenvalue weighted by atomic mass is 10.2. The minimum atomic E-state index is -3.54. The average Bonchev–Trinajstić information content (AvgIpc) is 2.80. The molecule has 1 saturated heterocycles. The first-order chi connectivity index (χ1) is 10.9. The van der Waals surface area contributed by atoms with E-state index in [0.29, 0.717) is 38.3 Å². The van der Waals surface area contributed by atoms with Gasteiger partial charge in [-0.3, -0.25) is 4.79 Å². The molecule has 0 spiro atoms. The van der Waals surface area contributed by atoms with Gasteiger partial charge in [0.2, 0.25) is 15.9 Å². The van der Waals surface area contributed by atoms with Crippen LogP contribution in [0.4, 0.5) is 0 Å². The van der Waals surface area contributed by atoms with Crippen molar-refractivity contribution in [2.75, 3.05) is 33.3 Å². The highest BCUT2D eigenvalue weighted by molar-refractivity contribution is 7.89. The van der Waals surface area contributed by atoms with Crippen molar-refractivity contribution >= 4 is 15.9 Å². The maximum absolute atomic E-state index is 12.7. The normalized spacial score (nSPS) is 17.1. The minimum absolute atomic E-state index is 0.0697. The van der Waals surface area contributed by atoms with Crippen molar-refractivity contribution in [3.05, 3.63) is 24.3 Å². The summed E-state index contributed by atoms with van der Waals surface area (Å²) >= 11 is 0. The quantitative estimate of drug-likeness (QED) is 0.834. The number of sulfonamides is 1. The van der Waals surface area contributed by atoms with E-state index in [0.717, 1.165) is 0 Å². The number of rotatable bonds is 4. The van der Waals surface area contributed by atoms with Crippen LogP contribution in [0.5, 0.6) is 5.75 Å². The molecule has 0 unspecified atom stereocenters. The highest BCUT2D eigenvalue weighted by atomic mass is 32.2. The molecule has 0 aromatic heterocycles. The van der Waals surface area contributed by atoms with Crippen LogP contribution in [0.3, 0.4) is 0 Å². The zero-order valence-electron chi connectivity index (χ0n) is 13.9. The van der Waals surface area contributed by atoms with Gasteiger partial charge in [-0.15, -0.1) is 0 Å². The number of hydrogen-bond donors (Lipinski definition) is 0. The van der Waals surface area contributed by atoms with Crippen molar-refractivity contribution in [3.63, 3.8) is 0 Å². The van der Waals surface area contributed by atoms with Crippen LogP contribution in [0.1, 0.15) is 20.3 Å². The van der Waals surface area contributed by atoms with Crippen LogP contribution in [-0.4, -0.2) is 56.8 Å². The average molecular weight is 340 g/mol. The second kappa shape index (κ2) is 7.31. The molecular formula is C16H24N2O4S. The van der Waals surface area contributed by atoms with E-state index in [-0.39, 0.29) is 16.7 Å². The Labute approximate surface area is 138 Å². The minimum Gasteiger partial charge on any atom is -0.497 e. The molecule has 7 heteroatoms. The highest BCUT2D eigenvalue weighted by Crippen LogP contribution is 2.21. The molecule has 1 aromatic rings. The fraction of sp³-hybridized carbons (Fsp3) is 0.562. The van der Waals surface area contributed by atoms with Crippen LogP contribution in [0.15, 0.2) is 29.2 Å². The van der Waals surface area contributed by atoms with Crippen LogP contribution in [0.2, 0.25) is 0 Å². The molecule has 6 nitrogen and oxygen atoms in total. The van der Waals surface area contributed by atoms with Crippen molar-refractivity contribution in [3.8, 4) is 5.75 Å². The van der Waals surface area contributed by atoms with Crippen LogP contribution in [0, 0.1) is 5.92 Å². The number of ether oxygens (including phenoxy) is 1. The molecule has 0 N–H and O–H groups in total. The van der Waals surface area contributed by atoms with Crippen molar-refractivity contribution < 1.29 is 17.9 Å². The Balaban J connectivity index is 2.12. The van der Waals surface area contributed by atoms with Gasteiger partial charge in [0.05, 0.1) is 12.0 Å². The Morgan fingerprint density at radius 3 is 2.30 bits per heavy atom. The summed E-state index contributed by atoms with van der Waals surface area (Å²) in [5.41, 5.74) is 0. The van der Waals surface area contributed by atoms with E-state index < -0.39 is 10.0 Å². The molecule has 1 aromatic carbocycles. The Morgan fingerprint density at radius 1 is 1.09 bits per heavy atom. The van der Waals surface area contributed by atoms with Gasteiger partial charge in [-0.2, -0.15) is 4.31 Å². The van der Waals surface area contributed by atoms with Crippen LogP contribution in [0.25, 0.3) is 0 Å². The van der Waals surface area contributed by atoms with Gasteiger partial charge >= 0.3 is 0 Å². The first kappa shape index (κ1) is 17.7. The van der Waals surface area contributed by atoms with Gasteiger partial charge in [-0.05, 0) is 30.7 Å². The monoisotopic (exact) mass is 340 g/mol. The Morgan fingerprint density at radius 2 is 1.74 bits per heavy atom. The Bertz CT molecular complexity index is 641. The molecule has 128 valence electrons. The van der Waals surface area contributed by atoms with E-state index in [1.54, 1.807) is 36.3 Å². The molecular weight excluding hydrogens is 316 g/mol. The third-order valence-corrected chi connectivity index (χ3v) is 5.87. The second-order valence-electron chi connectivity index (χ2n) is 5.91. The summed E-state index contributed by atoms with van der Waals surface area (Å²) in [5.74, 6) is 0.627. The maximum Gasteiger partial charge on any atom is 0.243 e. The second-order valence-corrected chi connectivity index (χ2v) is 7.85. The number of carbonyl (C=O) groups is 1. The predicted octanol–water partition coefficient (Wildman–Crippen LogP) is 1.57. The maximum atomic E-state index is 12.7. The van der Waals surface area contributed by atoms with Gasteiger partial charge in [-0.25, -0.2) is 8.42 Å². The highest BCUT2D eigenvalue weighted by Gasteiger charge is 2.28. The standard InChI is InChI=1S/C16H24N2O4S/c1-13(2)16(19)17-9-4-10-18(12-11-17)23(20,21)15-7-5-14(22-3)6-8-15/h5-8,13H,4,9-12H2,1-3H3. The van der Waals surface area contributed by atoms with Gasteiger partial charge in [0.25, 0.3) is 0 Å². The summed E-state index contributed by atoms with van der Waals surface area (Å²) in [6, 6.07) is 6.38. The van der Waals surface area contributed by atoms with E-state index in [1.807, 2.05) is 13.8 Å². The summed E-state index contributed by atoms with van der Waals surface area (Å²) in [5, 5.41) is 0. The fourth-order valence-electron chi connectivity index (χ4n) is 2.62. The van der Waals surface area contributed by atoms with Gasteiger partial charge in [-0.1, -0.05) is 13.8 Å². The largest absolute Gasteiger partial charge is 0.497 e. The van der Waals surface area contributed by atoms with Crippen LogP contribution in [-0.2, 0) is 14.8 Å². The molecule has 1 fully saturated rings. The third kappa shape index (κ3) is 4.03. The number of methoxy groups -OCH3 is 1. The summed E-state index contributed by atoms with van der Waals surface area (Å²) in [6.07, 6.45) is 0.647. The van der Waals surface area contributed by atoms with Gasteiger partial charge in [0.1, 0.15) is 5.75 Å². The summed E-state index contributed by atoms with van der Waals surface area (Å²) in [6.45, 7) is 5.51. The van der Waals surface area contributed by atoms with E-state index in [4.69, 9.17) is 4.74 Å².